The number of fused-ring (bicyclic) bond motifs is 1. The molecule has 2 aliphatic rings. The van der Waals surface area contributed by atoms with Crippen molar-refractivity contribution in [2.75, 3.05) is 6.54 Å². The minimum atomic E-state index is -0.0165. The lowest BCUT2D eigenvalue weighted by molar-refractivity contribution is 0.0884. The number of carbonyl (C=O) groups excluding carboxylic acids is 1. The van der Waals surface area contributed by atoms with Crippen molar-refractivity contribution in [2.24, 2.45) is 11.8 Å². The summed E-state index contributed by atoms with van der Waals surface area (Å²) < 4.78 is 0. The van der Waals surface area contributed by atoms with Crippen LogP contribution in [0.5, 0.6) is 0 Å². The number of hydrogen-bond acceptors (Lipinski definition) is 3. The van der Waals surface area contributed by atoms with E-state index in [-0.39, 0.29) is 24.4 Å². The van der Waals surface area contributed by atoms with Gasteiger partial charge in [-0.1, -0.05) is 26.7 Å². The van der Waals surface area contributed by atoms with Gasteiger partial charge in [0.2, 0.25) is 0 Å². The van der Waals surface area contributed by atoms with Crippen LogP contribution in [0.4, 0.5) is 0 Å². The summed E-state index contributed by atoms with van der Waals surface area (Å²) in [6.45, 7) is 6.22. The second kappa shape index (κ2) is 6.79. The number of carbonyl (C=O) groups is 1. The fourth-order valence-electron chi connectivity index (χ4n) is 3.44. The second-order valence-electron chi connectivity index (χ2n) is 6.30. The van der Waals surface area contributed by atoms with Gasteiger partial charge in [0.1, 0.15) is 0 Å². The molecule has 0 spiro atoms. The lowest BCUT2D eigenvalue weighted by atomic mass is 9.78. The predicted molar refractivity (Wildman–Crippen MR) is 84.7 cm³/mol. The van der Waals surface area contributed by atoms with Gasteiger partial charge in [0.15, 0.2) is 5.69 Å². The van der Waals surface area contributed by atoms with Crippen molar-refractivity contribution in [2.45, 2.75) is 52.1 Å². The van der Waals surface area contributed by atoms with Gasteiger partial charge in [-0.25, -0.2) is 0 Å². The van der Waals surface area contributed by atoms with Gasteiger partial charge < -0.3 is 10.6 Å². The summed E-state index contributed by atoms with van der Waals surface area (Å²) in [5, 5.41) is 13.7. The maximum Gasteiger partial charge on any atom is 0.272 e. The molecule has 21 heavy (non-hydrogen) atoms. The molecule has 6 heteroatoms. The van der Waals surface area contributed by atoms with E-state index in [1.54, 1.807) is 0 Å². The molecule has 1 aliphatic heterocycles. The normalized spacial score (nSPS) is 28.4. The zero-order valence-electron chi connectivity index (χ0n) is 12.7. The number of nitrogens with zero attached hydrogens (tertiary/aromatic N) is 1. The number of halogens is 1. The summed E-state index contributed by atoms with van der Waals surface area (Å²) in [6.07, 6.45) is 4.49. The van der Waals surface area contributed by atoms with Crippen molar-refractivity contribution in [1.82, 2.24) is 20.8 Å². The summed E-state index contributed by atoms with van der Waals surface area (Å²) in [7, 11) is 0. The molecule has 3 atom stereocenters. The van der Waals surface area contributed by atoms with E-state index in [9.17, 15) is 4.79 Å². The van der Waals surface area contributed by atoms with Gasteiger partial charge in [0.05, 0.1) is 0 Å². The third-order valence-corrected chi connectivity index (χ3v) is 5.04. The zero-order valence-corrected chi connectivity index (χ0v) is 13.6. The van der Waals surface area contributed by atoms with E-state index in [0.29, 0.717) is 17.5 Å². The highest BCUT2D eigenvalue weighted by Gasteiger charge is 2.30. The molecule has 0 bridgehead atoms. The summed E-state index contributed by atoms with van der Waals surface area (Å²) in [5.41, 5.74) is 2.74. The molecule has 1 aromatic rings. The Kier molecular flexibility index (Phi) is 5.27. The first kappa shape index (κ1) is 16.3. The SMILES string of the molecule is CC1CCCC(NC(=O)c2n[nH]c3c2CNCC3)C1C.Cl. The zero-order chi connectivity index (χ0) is 14.1. The first-order valence-electron chi connectivity index (χ1n) is 7.74. The minimum absolute atomic E-state index is 0. The minimum Gasteiger partial charge on any atom is -0.348 e. The van der Waals surface area contributed by atoms with Crippen molar-refractivity contribution in [3.05, 3.63) is 17.0 Å². The Morgan fingerprint density at radius 3 is 2.95 bits per heavy atom. The van der Waals surface area contributed by atoms with E-state index in [1.165, 1.54) is 12.8 Å². The number of aromatic amines is 1. The van der Waals surface area contributed by atoms with Crippen LogP contribution in [0.2, 0.25) is 0 Å². The monoisotopic (exact) mass is 312 g/mol. The van der Waals surface area contributed by atoms with Crippen LogP contribution in [-0.2, 0) is 13.0 Å². The third-order valence-electron chi connectivity index (χ3n) is 5.04. The molecular formula is C15H25ClN4O. The van der Waals surface area contributed by atoms with Gasteiger partial charge in [0.25, 0.3) is 5.91 Å². The van der Waals surface area contributed by atoms with E-state index >= 15 is 0 Å². The second-order valence-corrected chi connectivity index (χ2v) is 6.30. The summed E-state index contributed by atoms with van der Waals surface area (Å²) in [5.74, 6) is 1.21. The highest BCUT2D eigenvalue weighted by Crippen LogP contribution is 2.29. The molecular weight excluding hydrogens is 288 g/mol. The largest absolute Gasteiger partial charge is 0.348 e. The molecule has 1 aliphatic carbocycles. The summed E-state index contributed by atoms with van der Waals surface area (Å²) >= 11 is 0. The molecule has 5 nitrogen and oxygen atoms in total. The van der Waals surface area contributed by atoms with Gasteiger partial charge in [-0.05, 0) is 18.3 Å². The quantitative estimate of drug-likeness (QED) is 0.782. The van der Waals surface area contributed by atoms with E-state index in [1.807, 2.05) is 0 Å². The van der Waals surface area contributed by atoms with Crippen LogP contribution in [0.1, 0.15) is 54.9 Å². The number of amides is 1. The lowest BCUT2D eigenvalue weighted by Crippen LogP contribution is -2.44. The smallest absolute Gasteiger partial charge is 0.272 e. The lowest BCUT2D eigenvalue weighted by Gasteiger charge is -2.34. The van der Waals surface area contributed by atoms with Crippen LogP contribution in [0.15, 0.2) is 0 Å². The van der Waals surface area contributed by atoms with Crippen LogP contribution in [0, 0.1) is 11.8 Å². The highest BCUT2D eigenvalue weighted by atomic mass is 35.5. The fraction of sp³-hybridized carbons (Fsp3) is 0.733. The van der Waals surface area contributed by atoms with Crippen LogP contribution >= 0.6 is 12.4 Å². The van der Waals surface area contributed by atoms with Crippen LogP contribution < -0.4 is 10.6 Å². The molecule has 1 fully saturated rings. The predicted octanol–water partition coefficient (Wildman–Crippen LogP) is 2.03. The number of H-pyrrole nitrogens is 1. The van der Waals surface area contributed by atoms with Gasteiger partial charge >= 0.3 is 0 Å². The molecule has 118 valence electrons. The maximum atomic E-state index is 12.5. The van der Waals surface area contributed by atoms with Crippen molar-refractivity contribution < 1.29 is 4.79 Å². The van der Waals surface area contributed by atoms with Crippen molar-refractivity contribution in [3.63, 3.8) is 0 Å². The van der Waals surface area contributed by atoms with Crippen molar-refractivity contribution in [1.29, 1.82) is 0 Å². The first-order chi connectivity index (χ1) is 9.66. The molecule has 1 amide bonds. The van der Waals surface area contributed by atoms with E-state index in [2.05, 4.69) is 34.7 Å². The molecule has 1 saturated carbocycles. The Labute approximate surface area is 132 Å². The van der Waals surface area contributed by atoms with Crippen LogP contribution in [0.3, 0.4) is 0 Å². The molecule has 0 aromatic carbocycles. The van der Waals surface area contributed by atoms with Gasteiger partial charge in [0, 0.05) is 36.8 Å². The first-order valence-corrected chi connectivity index (χ1v) is 7.74. The van der Waals surface area contributed by atoms with Crippen molar-refractivity contribution in [3.8, 4) is 0 Å². The van der Waals surface area contributed by atoms with Crippen LogP contribution in [-0.4, -0.2) is 28.7 Å². The van der Waals surface area contributed by atoms with E-state index < -0.39 is 0 Å². The van der Waals surface area contributed by atoms with Gasteiger partial charge in [-0.2, -0.15) is 5.10 Å². The Morgan fingerprint density at radius 1 is 1.33 bits per heavy atom. The van der Waals surface area contributed by atoms with E-state index in [4.69, 9.17) is 0 Å². The van der Waals surface area contributed by atoms with Gasteiger partial charge in [-0.15, -0.1) is 12.4 Å². The average molecular weight is 313 g/mol. The Balaban J connectivity index is 0.00000161. The number of hydrogen-bond donors (Lipinski definition) is 3. The molecule has 3 N–H and O–H groups in total. The Bertz CT molecular complexity index is 502. The average Bonchev–Trinajstić information content (AvgIpc) is 2.88. The number of nitrogens with one attached hydrogen (secondary N) is 3. The van der Waals surface area contributed by atoms with Crippen molar-refractivity contribution >= 4 is 18.3 Å². The van der Waals surface area contributed by atoms with Gasteiger partial charge in [-0.3, -0.25) is 9.89 Å². The summed E-state index contributed by atoms with van der Waals surface area (Å²) in [4.78, 5) is 12.5. The molecule has 0 saturated heterocycles. The fourth-order valence-corrected chi connectivity index (χ4v) is 3.44. The van der Waals surface area contributed by atoms with Crippen LogP contribution in [0.25, 0.3) is 0 Å². The molecule has 3 rings (SSSR count). The standard InChI is InChI=1S/C15H24N4O.ClH/c1-9-4-3-5-12(10(9)2)17-15(20)14-11-8-16-7-6-13(11)18-19-14;/h9-10,12,16H,3-8H2,1-2H3,(H,17,20)(H,18,19);1H. The topological polar surface area (TPSA) is 69.8 Å². The molecule has 1 aromatic heterocycles. The highest BCUT2D eigenvalue weighted by molar-refractivity contribution is 5.94. The van der Waals surface area contributed by atoms with E-state index in [0.717, 1.165) is 37.2 Å². The molecule has 3 unspecified atom stereocenters. The third kappa shape index (κ3) is 3.24. The summed E-state index contributed by atoms with van der Waals surface area (Å²) in [6, 6.07) is 0.287. The number of aromatic nitrogens is 2. The Morgan fingerprint density at radius 2 is 2.14 bits per heavy atom. The molecule has 2 heterocycles. The number of rotatable bonds is 2. The maximum absolute atomic E-state index is 12.5. The Hall–Kier alpha value is -1.07. The molecule has 0 radical (unpaired) electrons.